The Balaban J connectivity index is 1.74. The number of rotatable bonds is 3. The van der Waals surface area contributed by atoms with Crippen molar-refractivity contribution in [1.82, 2.24) is 5.32 Å². The fourth-order valence-electron chi connectivity index (χ4n) is 4.76. The van der Waals surface area contributed by atoms with Crippen LogP contribution in [0.1, 0.15) is 67.7 Å². The molecule has 2 fully saturated rings. The topological polar surface area (TPSA) is 63.2 Å². The maximum atomic E-state index is 12.9. The van der Waals surface area contributed by atoms with Gasteiger partial charge in [0.1, 0.15) is 17.5 Å². The molecule has 0 spiro atoms. The van der Waals surface area contributed by atoms with Crippen LogP contribution in [0.5, 0.6) is 0 Å². The van der Waals surface area contributed by atoms with Gasteiger partial charge in [0.15, 0.2) is 0 Å². The molecule has 0 saturated heterocycles. The molecule has 142 valence electrons. The molecule has 0 heterocycles. The molecule has 27 heavy (non-hydrogen) atoms. The monoisotopic (exact) mass is 365 g/mol. The van der Waals surface area contributed by atoms with E-state index in [1.165, 1.54) is 6.92 Å². The maximum absolute atomic E-state index is 12.9. The van der Waals surface area contributed by atoms with Crippen molar-refractivity contribution in [3.05, 3.63) is 34.4 Å². The molecule has 2 aliphatic rings. The summed E-state index contributed by atoms with van der Waals surface area (Å²) < 4.78 is 0. The van der Waals surface area contributed by atoms with Crippen molar-refractivity contribution in [3.63, 3.8) is 0 Å². The summed E-state index contributed by atoms with van der Waals surface area (Å²) in [5.74, 6) is 5.86. The number of hydrogen-bond donors (Lipinski definition) is 1. The first-order chi connectivity index (χ1) is 12.8. The highest BCUT2D eigenvalue weighted by Gasteiger charge is 2.44. The van der Waals surface area contributed by atoms with Crippen LogP contribution < -0.4 is 5.32 Å². The van der Waals surface area contributed by atoms with E-state index in [1.54, 1.807) is 6.92 Å². The lowest BCUT2D eigenvalue weighted by Gasteiger charge is -2.42. The van der Waals surface area contributed by atoms with Crippen molar-refractivity contribution < 1.29 is 14.4 Å². The molecular formula is C23H27NO3. The standard InChI is InChI=1S/C23H27NO3/c1-5-6-16-7-13(2)22(14(3)8-16)23-20(26)11-18(12-21(23)27)17-9-19(10-17)24-15(4)25/h7-8,17-19,23H,9-12H2,1-4H3,(H,24,25)/t17-,18?,19+,23?. The second-order valence-corrected chi connectivity index (χ2v) is 8.06. The Morgan fingerprint density at radius 1 is 1.04 bits per heavy atom. The summed E-state index contributed by atoms with van der Waals surface area (Å²) in [6.07, 6.45) is 2.67. The van der Waals surface area contributed by atoms with Crippen LogP contribution >= 0.6 is 0 Å². The Hall–Kier alpha value is -2.41. The Morgan fingerprint density at radius 3 is 2.07 bits per heavy atom. The number of ketones is 2. The average Bonchev–Trinajstić information content (AvgIpc) is 2.52. The SMILES string of the molecule is CC#Cc1cc(C)c(C2C(=O)CC([C@H]3C[C@@H](NC(C)=O)C3)CC2=O)c(C)c1. The fourth-order valence-corrected chi connectivity index (χ4v) is 4.76. The summed E-state index contributed by atoms with van der Waals surface area (Å²) in [5.41, 5.74) is 3.72. The highest BCUT2D eigenvalue weighted by atomic mass is 16.2. The molecule has 0 radical (unpaired) electrons. The third-order valence-corrected chi connectivity index (χ3v) is 5.97. The number of Topliss-reactive ketones (excluding diaryl/α,β-unsaturated/α-hetero) is 2. The first-order valence-electron chi connectivity index (χ1n) is 9.66. The molecule has 2 aliphatic carbocycles. The zero-order valence-electron chi connectivity index (χ0n) is 16.5. The molecular weight excluding hydrogens is 338 g/mol. The molecule has 0 aromatic heterocycles. The lowest BCUT2D eigenvalue weighted by atomic mass is 9.64. The highest BCUT2D eigenvalue weighted by Crippen LogP contribution is 2.43. The van der Waals surface area contributed by atoms with Crippen molar-refractivity contribution in [2.75, 3.05) is 0 Å². The van der Waals surface area contributed by atoms with Gasteiger partial charge in [0.05, 0.1) is 0 Å². The molecule has 1 aromatic carbocycles. The smallest absolute Gasteiger partial charge is 0.217 e. The predicted octanol–water partition coefficient (Wildman–Crippen LogP) is 3.22. The molecule has 1 aromatic rings. The van der Waals surface area contributed by atoms with Crippen LogP contribution in [0.2, 0.25) is 0 Å². The minimum Gasteiger partial charge on any atom is -0.354 e. The number of nitrogens with one attached hydrogen (secondary N) is 1. The van der Waals surface area contributed by atoms with Gasteiger partial charge in [-0.05, 0) is 74.3 Å². The Morgan fingerprint density at radius 2 is 1.59 bits per heavy atom. The van der Waals surface area contributed by atoms with Crippen molar-refractivity contribution in [1.29, 1.82) is 0 Å². The van der Waals surface area contributed by atoms with Crippen molar-refractivity contribution in [3.8, 4) is 11.8 Å². The molecule has 0 aliphatic heterocycles. The first kappa shape index (κ1) is 19.4. The molecule has 1 amide bonds. The predicted molar refractivity (Wildman–Crippen MR) is 104 cm³/mol. The normalized spacial score (nSPS) is 27.4. The van der Waals surface area contributed by atoms with Gasteiger partial charge in [-0.3, -0.25) is 14.4 Å². The molecule has 4 nitrogen and oxygen atoms in total. The Kier molecular flexibility index (Phi) is 5.51. The largest absolute Gasteiger partial charge is 0.354 e. The summed E-state index contributed by atoms with van der Waals surface area (Å²) in [6.45, 7) is 7.23. The van der Waals surface area contributed by atoms with Crippen molar-refractivity contribution in [2.24, 2.45) is 11.8 Å². The first-order valence-corrected chi connectivity index (χ1v) is 9.66. The number of carbonyl (C=O) groups is 3. The van der Waals surface area contributed by atoms with Crippen LogP contribution in [-0.4, -0.2) is 23.5 Å². The molecule has 0 bridgehead atoms. The van der Waals surface area contributed by atoms with Crippen LogP contribution in [-0.2, 0) is 14.4 Å². The third kappa shape index (κ3) is 3.98. The van der Waals surface area contributed by atoms with Gasteiger partial charge in [0.25, 0.3) is 0 Å². The van der Waals surface area contributed by atoms with Gasteiger partial charge >= 0.3 is 0 Å². The molecule has 4 heteroatoms. The lowest BCUT2D eigenvalue weighted by molar-refractivity contribution is -0.135. The summed E-state index contributed by atoms with van der Waals surface area (Å²) in [5, 5.41) is 2.92. The van der Waals surface area contributed by atoms with E-state index in [2.05, 4.69) is 17.2 Å². The summed E-state index contributed by atoms with van der Waals surface area (Å²) in [4.78, 5) is 37.0. The minimum absolute atomic E-state index is 0.0172. The van der Waals surface area contributed by atoms with Crippen LogP contribution in [0.25, 0.3) is 0 Å². The molecule has 2 saturated carbocycles. The number of hydrogen-bond acceptors (Lipinski definition) is 3. The second kappa shape index (κ2) is 7.68. The van der Waals surface area contributed by atoms with Crippen LogP contribution in [0.15, 0.2) is 12.1 Å². The van der Waals surface area contributed by atoms with Gasteiger partial charge in [0, 0.05) is 31.4 Å². The summed E-state index contributed by atoms with van der Waals surface area (Å²) in [6, 6.07) is 4.14. The van der Waals surface area contributed by atoms with Crippen molar-refractivity contribution >= 4 is 17.5 Å². The summed E-state index contributed by atoms with van der Waals surface area (Å²) >= 11 is 0. The van der Waals surface area contributed by atoms with Gasteiger partial charge in [-0.25, -0.2) is 0 Å². The molecule has 1 N–H and O–H groups in total. The molecule has 3 rings (SSSR count). The van der Waals surface area contributed by atoms with Gasteiger partial charge in [-0.15, -0.1) is 5.92 Å². The van der Waals surface area contributed by atoms with Crippen LogP contribution in [0.3, 0.4) is 0 Å². The Labute approximate surface area is 161 Å². The highest BCUT2D eigenvalue weighted by molar-refractivity contribution is 6.10. The number of benzene rings is 1. The fraction of sp³-hybridized carbons (Fsp3) is 0.522. The third-order valence-electron chi connectivity index (χ3n) is 5.97. The zero-order chi connectivity index (χ0) is 19.7. The van der Waals surface area contributed by atoms with Crippen molar-refractivity contribution in [2.45, 2.75) is 65.3 Å². The van der Waals surface area contributed by atoms with E-state index >= 15 is 0 Å². The van der Waals surface area contributed by atoms with E-state index in [9.17, 15) is 14.4 Å². The van der Waals surface area contributed by atoms with Gasteiger partial charge < -0.3 is 5.32 Å². The molecule has 0 atom stereocenters. The zero-order valence-corrected chi connectivity index (χ0v) is 16.5. The minimum atomic E-state index is -0.629. The average molecular weight is 365 g/mol. The number of amides is 1. The van der Waals surface area contributed by atoms with E-state index in [0.717, 1.165) is 35.1 Å². The lowest BCUT2D eigenvalue weighted by Crippen LogP contribution is -2.48. The maximum Gasteiger partial charge on any atom is 0.217 e. The van der Waals surface area contributed by atoms with Gasteiger partial charge in [-0.2, -0.15) is 0 Å². The molecule has 0 unspecified atom stereocenters. The van der Waals surface area contributed by atoms with E-state index < -0.39 is 5.92 Å². The van der Waals surface area contributed by atoms with Crippen LogP contribution in [0.4, 0.5) is 0 Å². The quantitative estimate of drug-likeness (QED) is 0.661. The van der Waals surface area contributed by atoms with E-state index in [4.69, 9.17) is 0 Å². The van der Waals surface area contributed by atoms with Gasteiger partial charge in [0.2, 0.25) is 5.91 Å². The second-order valence-electron chi connectivity index (χ2n) is 8.06. The van der Waals surface area contributed by atoms with E-state index in [-0.39, 0.29) is 29.4 Å². The van der Waals surface area contributed by atoms with E-state index in [0.29, 0.717) is 18.8 Å². The Bertz CT molecular complexity index is 811. The summed E-state index contributed by atoms with van der Waals surface area (Å²) in [7, 11) is 0. The van der Waals surface area contributed by atoms with E-state index in [1.807, 2.05) is 26.0 Å². The number of carbonyl (C=O) groups excluding carboxylic acids is 3. The van der Waals surface area contributed by atoms with Crippen LogP contribution in [0, 0.1) is 37.5 Å². The van der Waals surface area contributed by atoms with Gasteiger partial charge in [-0.1, -0.05) is 5.92 Å². The number of aryl methyl sites for hydroxylation is 2.